The highest BCUT2D eigenvalue weighted by Gasteiger charge is 2.27. The molecule has 1 aliphatic rings. The van der Waals surface area contributed by atoms with Crippen molar-refractivity contribution in [1.82, 2.24) is 10.2 Å². The van der Waals surface area contributed by atoms with Gasteiger partial charge in [0.15, 0.2) is 17.5 Å². The highest BCUT2D eigenvalue weighted by molar-refractivity contribution is 14.0. The van der Waals surface area contributed by atoms with Crippen molar-refractivity contribution in [3.8, 4) is 11.5 Å². The van der Waals surface area contributed by atoms with E-state index >= 15 is 0 Å². The molecule has 0 aromatic heterocycles. The zero-order valence-electron chi connectivity index (χ0n) is 16.8. The maximum absolute atomic E-state index is 12.6. The first kappa shape index (κ1) is 25.2. The minimum atomic E-state index is -2.93. The molecule has 0 unspecified atom stereocenters. The second kappa shape index (κ2) is 12.7. The quantitative estimate of drug-likeness (QED) is 0.254. The lowest BCUT2D eigenvalue weighted by atomic mass is 9.97. The van der Waals surface area contributed by atoms with Crippen LogP contribution in [0.15, 0.2) is 23.2 Å². The van der Waals surface area contributed by atoms with Gasteiger partial charge in [-0.15, -0.1) is 24.0 Å². The number of carbonyl (C=O) groups is 1. The average molecular weight is 527 g/mol. The lowest BCUT2D eigenvalue weighted by Gasteiger charge is -2.33. The number of aliphatic imine (C=N–C) groups is 1. The number of methoxy groups -OCH3 is 1. The van der Waals surface area contributed by atoms with Crippen LogP contribution in [0, 0.1) is 5.92 Å². The molecule has 2 rings (SSSR count). The fraction of sp³-hybridized carbons (Fsp3) is 0.579. The van der Waals surface area contributed by atoms with Crippen molar-refractivity contribution in [2.75, 3.05) is 33.9 Å². The first-order valence-corrected chi connectivity index (χ1v) is 9.22. The molecule has 1 aromatic carbocycles. The minimum Gasteiger partial charge on any atom is -0.493 e. The third-order valence-corrected chi connectivity index (χ3v) is 4.52. The molecule has 0 aliphatic carbocycles. The summed E-state index contributed by atoms with van der Waals surface area (Å²) in [6.07, 6.45) is 1.41. The fourth-order valence-electron chi connectivity index (χ4n) is 3.12. The summed E-state index contributed by atoms with van der Waals surface area (Å²) in [5, 5.41) is 3.22. The highest BCUT2D eigenvalue weighted by atomic mass is 127. The predicted molar refractivity (Wildman–Crippen MR) is 116 cm³/mol. The van der Waals surface area contributed by atoms with Crippen molar-refractivity contribution in [2.45, 2.75) is 32.9 Å². The molecule has 1 heterocycles. The zero-order valence-corrected chi connectivity index (χ0v) is 19.2. The van der Waals surface area contributed by atoms with Gasteiger partial charge in [0.1, 0.15) is 0 Å². The van der Waals surface area contributed by atoms with E-state index in [1.54, 1.807) is 26.1 Å². The molecule has 0 saturated carbocycles. The molecule has 10 heteroatoms. The van der Waals surface area contributed by atoms with Crippen LogP contribution in [0.1, 0.15) is 25.3 Å². The number of hydrogen-bond donors (Lipinski definition) is 1. The predicted octanol–water partition coefficient (Wildman–Crippen LogP) is 3.27. The zero-order chi connectivity index (χ0) is 20.5. The maximum atomic E-state index is 12.6. The van der Waals surface area contributed by atoms with Gasteiger partial charge in [-0.2, -0.15) is 8.78 Å². The van der Waals surface area contributed by atoms with Crippen molar-refractivity contribution in [3.05, 3.63) is 23.8 Å². The molecule has 0 radical (unpaired) electrons. The van der Waals surface area contributed by atoms with E-state index in [-0.39, 0.29) is 47.4 Å². The van der Waals surface area contributed by atoms with Crippen molar-refractivity contribution in [3.63, 3.8) is 0 Å². The molecule has 1 aromatic rings. The van der Waals surface area contributed by atoms with Crippen LogP contribution in [-0.2, 0) is 16.1 Å². The van der Waals surface area contributed by atoms with E-state index < -0.39 is 6.61 Å². The Labute approximate surface area is 186 Å². The maximum Gasteiger partial charge on any atom is 0.387 e. The van der Waals surface area contributed by atoms with Crippen LogP contribution in [0.25, 0.3) is 0 Å². The van der Waals surface area contributed by atoms with Crippen LogP contribution in [0.2, 0.25) is 0 Å². The number of carbonyl (C=O) groups excluding carboxylic acids is 1. The minimum absolute atomic E-state index is 0. The van der Waals surface area contributed by atoms with Crippen LogP contribution in [0.5, 0.6) is 11.5 Å². The Balaban J connectivity index is 0.00000420. The van der Waals surface area contributed by atoms with Crippen LogP contribution < -0.4 is 14.8 Å². The molecule has 164 valence electrons. The number of guanidine groups is 1. The Morgan fingerprint density at radius 3 is 2.55 bits per heavy atom. The third kappa shape index (κ3) is 7.48. The largest absolute Gasteiger partial charge is 0.493 e. The molecular formula is C19H28F2IN3O4. The van der Waals surface area contributed by atoms with Crippen LogP contribution in [0.4, 0.5) is 8.78 Å². The number of alkyl halides is 2. The summed E-state index contributed by atoms with van der Waals surface area (Å²) in [4.78, 5) is 18.2. The summed E-state index contributed by atoms with van der Waals surface area (Å²) in [7, 11) is 3.08. The van der Waals surface area contributed by atoms with Gasteiger partial charge in [-0.1, -0.05) is 6.07 Å². The smallest absolute Gasteiger partial charge is 0.387 e. The number of nitrogens with one attached hydrogen (secondary N) is 1. The van der Waals surface area contributed by atoms with E-state index in [4.69, 9.17) is 9.47 Å². The standard InChI is InChI=1S/C19H27F2N3O4.HI/c1-4-27-17(25)14-7-9-24(10-8-14)19(22-2)23-12-13-5-6-15(26-3)16(11-13)28-18(20)21;/h5-6,11,14,18H,4,7-10,12H2,1-3H3,(H,22,23);1H. The molecule has 0 bridgehead atoms. The summed E-state index contributed by atoms with van der Waals surface area (Å²) < 4.78 is 39.8. The molecule has 29 heavy (non-hydrogen) atoms. The van der Waals surface area contributed by atoms with Crippen molar-refractivity contribution < 1.29 is 27.8 Å². The van der Waals surface area contributed by atoms with E-state index in [1.165, 1.54) is 13.2 Å². The normalized spacial score (nSPS) is 15.0. The monoisotopic (exact) mass is 527 g/mol. The van der Waals surface area contributed by atoms with E-state index in [1.807, 2.05) is 0 Å². The number of piperidine rings is 1. The van der Waals surface area contributed by atoms with Crippen molar-refractivity contribution >= 4 is 35.9 Å². The van der Waals surface area contributed by atoms with E-state index in [2.05, 4.69) is 19.9 Å². The van der Waals surface area contributed by atoms with E-state index in [0.717, 1.165) is 5.56 Å². The number of nitrogens with zero attached hydrogens (tertiary/aromatic N) is 2. The number of esters is 1. The van der Waals surface area contributed by atoms with Gasteiger partial charge in [0, 0.05) is 26.7 Å². The fourth-order valence-corrected chi connectivity index (χ4v) is 3.12. The van der Waals surface area contributed by atoms with Gasteiger partial charge in [0.2, 0.25) is 0 Å². The number of halogens is 3. The number of ether oxygens (including phenoxy) is 3. The topological polar surface area (TPSA) is 72.4 Å². The van der Waals surface area contributed by atoms with E-state index in [0.29, 0.717) is 45.0 Å². The van der Waals surface area contributed by atoms with Crippen LogP contribution >= 0.6 is 24.0 Å². The summed E-state index contributed by atoms with van der Waals surface area (Å²) in [5.74, 6) is 0.700. The molecule has 0 atom stereocenters. The van der Waals surface area contributed by atoms with Crippen LogP contribution in [0.3, 0.4) is 0 Å². The number of benzene rings is 1. The van der Waals surface area contributed by atoms with Crippen molar-refractivity contribution in [1.29, 1.82) is 0 Å². The summed E-state index contributed by atoms with van der Waals surface area (Å²) in [5.41, 5.74) is 0.749. The molecular weight excluding hydrogens is 499 g/mol. The van der Waals surface area contributed by atoms with Gasteiger partial charge < -0.3 is 24.4 Å². The molecule has 1 saturated heterocycles. The number of rotatable bonds is 7. The van der Waals surface area contributed by atoms with Gasteiger partial charge in [0.05, 0.1) is 19.6 Å². The second-order valence-corrected chi connectivity index (χ2v) is 6.28. The van der Waals surface area contributed by atoms with Gasteiger partial charge in [-0.3, -0.25) is 9.79 Å². The third-order valence-electron chi connectivity index (χ3n) is 4.52. The Hall–Kier alpha value is -1.85. The second-order valence-electron chi connectivity index (χ2n) is 6.28. The Morgan fingerprint density at radius 2 is 2.00 bits per heavy atom. The molecule has 7 nitrogen and oxygen atoms in total. The Kier molecular flexibility index (Phi) is 11.0. The summed E-state index contributed by atoms with van der Waals surface area (Å²) in [6, 6.07) is 4.87. The summed E-state index contributed by atoms with van der Waals surface area (Å²) >= 11 is 0. The Morgan fingerprint density at radius 1 is 1.31 bits per heavy atom. The highest BCUT2D eigenvalue weighted by Crippen LogP contribution is 2.29. The number of hydrogen-bond acceptors (Lipinski definition) is 5. The van der Waals surface area contributed by atoms with Gasteiger partial charge >= 0.3 is 12.6 Å². The van der Waals surface area contributed by atoms with Gasteiger partial charge in [-0.25, -0.2) is 0 Å². The summed E-state index contributed by atoms with van der Waals surface area (Å²) in [6.45, 7) is 1.02. The van der Waals surface area contributed by atoms with Gasteiger partial charge in [-0.05, 0) is 37.5 Å². The molecule has 1 aliphatic heterocycles. The Bertz CT molecular complexity index is 683. The van der Waals surface area contributed by atoms with Crippen molar-refractivity contribution in [2.24, 2.45) is 10.9 Å². The molecule has 0 amide bonds. The molecule has 0 spiro atoms. The lowest BCUT2D eigenvalue weighted by Crippen LogP contribution is -2.46. The lowest BCUT2D eigenvalue weighted by molar-refractivity contribution is -0.149. The SMILES string of the molecule is CCOC(=O)C1CCN(C(=NC)NCc2ccc(OC)c(OC(F)F)c2)CC1.I. The van der Waals surface area contributed by atoms with E-state index in [9.17, 15) is 13.6 Å². The first-order chi connectivity index (χ1) is 13.5. The van der Waals surface area contributed by atoms with Crippen LogP contribution in [-0.4, -0.2) is 57.3 Å². The van der Waals surface area contributed by atoms with Gasteiger partial charge in [0.25, 0.3) is 0 Å². The molecule has 1 fully saturated rings. The molecule has 1 N–H and O–H groups in total. The average Bonchev–Trinajstić information content (AvgIpc) is 2.69. The first-order valence-electron chi connectivity index (χ1n) is 9.22. The number of likely N-dealkylation sites (tertiary alicyclic amines) is 1.